The van der Waals surface area contributed by atoms with E-state index in [1.807, 2.05) is 13.0 Å². The van der Waals surface area contributed by atoms with Crippen LogP contribution in [0.4, 0.5) is 0 Å². The van der Waals surface area contributed by atoms with Crippen LogP contribution in [0.2, 0.25) is 0 Å². The molecule has 7 rings (SSSR count). The molecule has 2 amide bonds. The van der Waals surface area contributed by atoms with E-state index in [0.717, 1.165) is 48.9 Å². The summed E-state index contributed by atoms with van der Waals surface area (Å²) in [6.07, 6.45) is 11.2. The second-order valence-corrected chi connectivity index (χ2v) is 9.87. The minimum atomic E-state index is -0.276. The molecule has 2 unspecified atom stereocenters. The highest BCUT2D eigenvalue weighted by Crippen LogP contribution is 2.60. The Labute approximate surface area is 175 Å². The summed E-state index contributed by atoms with van der Waals surface area (Å²) >= 11 is 0. The molecule has 4 saturated carbocycles. The topological polar surface area (TPSA) is 88.1 Å². The van der Waals surface area contributed by atoms with Crippen LogP contribution in [0.15, 0.2) is 30.7 Å². The number of amides is 2. The lowest BCUT2D eigenvalue weighted by atomic mass is 9.49. The van der Waals surface area contributed by atoms with Gasteiger partial charge >= 0.3 is 0 Å². The number of fused-ring (bicyclic) bond motifs is 1. The molecule has 0 aromatic carbocycles. The van der Waals surface area contributed by atoms with Crippen molar-refractivity contribution in [2.75, 3.05) is 0 Å². The van der Waals surface area contributed by atoms with Gasteiger partial charge in [0.1, 0.15) is 0 Å². The molecule has 0 spiro atoms. The summed E-state index contributed by atoms with van der Waals surface area (Å²) in [5.74, 6) is 1.22. The van der Waals surface area contributed by atoms with E-state index in [2.05, 4.69) is 25.2 Å². The smallest absolute Gasteiger partial charge is 0.289 e. The van der Waals surface area contributed by atoms with Gasteiger partial charge in [-0.3, -0.25) is 14.6 Å². The molecular formula is C23H25N5O2. The van der Waals surface area contributed by atoms with Crippen LogP contribution < -0.4 is 5.32 Å². The van der Waals surface area contributed by atoms with Crippen molar-refractivity contribution in [1.29, 1.82) is 0 Å². The summed E-state index contributed by atoms with van der Waals surface area (Å²) in [4.78, 5) is 41.1. The summed E-state index contributed by atoms with van der Waals surface area (Å²) in [7, 11) is 0. The lowest BCUT2D eigenvalue weighted by Gasteiger charge is -2.64. The molecule has 4 aliphatic carbocycles. The number of rotatable bonds is 3. The van der Waals surface area contributed by atoms with Crippen LogP contribution in [0.1, 0.15) is 70.8 Å². The van der Waals surface area contributed by atoms with Gasteiger partial charge in [-0.25, -0.2) is 9.97 Å². The zero-order chi connectivity index (χ0) is 20.5. The van der Waals surface area contributed by atoms with Gasteiger partial charge in [0.05, 0.1) is 5.56 Å². The Morgan fingerprint density at radius 3 is 2.70 bits per heavy atom. The summed E-state index contributed by atoms with van der Waals surface area (Å²) in [6.45, 7) is 2.52. The molecule has 7 heteroatoms. The molecule has 2 atom stereocenters. The van der Waals surface area contributed by atoms with Crippen LogP contribution in [-0.4, -0.2) is 42.7 Å². The highest BCUT2D eigenvalue weighted by molar-refractivity contribution is 5.98. The fraction of sp³-hybridized carbons (Fsp3) is 0.522. The summed E-state index contributed by atoms with van der Waals surface area (Å²) < 4.78 is 0. The van der Waals surface area contributed by atoms with Gasteiger partial charge in [0.15, 0.2) is 0 Å². The molecule has 2 aromatic rings. The highest BCUT2D eigenvalue weighted by atomic mass is 16.2. The molecule has 4 fully saturated rings. The van der Waals surface area contributed by atoms with Gasteiger partial charge in [-0.1, -0.05) is 0 Å². The fourth-order valence-corrected chi connectivity index (χ4v) is 7.06. The van der Waals surface area contributed by atoms with E-state index in [9.17, 15) is 9.59 Å². The third-order valence-corrected chi connectivity index (χ3v) is 7.69. The largest absolute Gasteiger partial charge is 0.344 e. The van der Waals surface area contributed by atoms with Crippen molar-refractivity contribution in [3.05, 3.63) is 53.4 Å². The van der Waals surface area contributed by atoms with E-state index in [-0.39, 0.29) is 28.7 Å². The van der Waals surface area contributed by atoms with E-state index in [1.54, 1.807) is 24.7 Å². The maximum atomic E-state index is 13.3. The first-order chi connectivity index (χ1) is 14.5. The van der Waals surface area contributed by atoms with Crippen molar-refractivity contribution < 1.29 is 9.59 Å². The summed E-state index contributed by atoms with van der Waals surface area (Å²) in [6, 6.07) is 3.75. The number of aromatic nitrogens is 3. The van der Waals surface area contributed by atoms with Crippen molar-refractivity contribution in [3.63, 3.8) is 0 Å². The van der Waals surface area contributed by atoms with Crippen LogP contribution in [0.3, 0.4) is 0 Å². The van der Waals surface area contributed by atoms with Gasteiger partial charge in [-0.05, 0) is 75.0 Å². The lowest BCUT2D eigenvalue weighted by Crippen LogP contribution is -2.69. The van der Waals surface area contributed by atoms with Gasteiger partial charge in [0.25, 0.3) is 11.8 Å². The third kappa shape index (κ3) is 2.60. The maximum absolute atomic E-state index is 13.3. The zero-order valence-electron chi connectivity index (χ0n) is 17.1. The first-order valence-corrected chi connectivity index (χ1v) is 10.8. The molecule has 0 radical (unpaired) electrons. The Hall–Kier alpha value is -2.83. The fourth-order valence-electron chi connectivity index (χ4n) is 7.06. The Morgan fingerprint density at radius 1 is 1.17 bits per heavy atom. The van der Waals surface area contributed by atoms with Crippen molar-refractivity contribution in [2.24, 2.45) is 11.8 Å². The van der Waals surface area contributed by atoms with Crippen LogP contribution in [-0.2, 0) is 6.54 Å². The van der Waals surface area contributed by atoms with Crippen LogP contribution >= 0.6 is 0 Å². The number of carbonyl (C=O) groups excluding carboxylic acids is 2. The third-order valence-electron chi connectivity index (χ3n) is 7.69. The zero-order valence-corrected chi connectivity index (χ0v) is 17.1. The van der Waals surface area contributed by atoms with Gasteiger partial charge in [0.2, 0.25) is 5.82 Å². The SMILES string of the molecule is Cc1ccnc(C(=O)NC23CC4CC(C2)CC(N2Cc5ccncc5C2=O)(C4)C3)n1. The number of carbonyl (C=O) groups is 2. The Bertz CT molecular complexity index is 1050. The molecule has 3 heterocycles. The maximum Gasteiger partial charge on any atom is 0.289 e. The molecule has 2 aromatic heterocycles. The first-order valence-electron chi connectivity index (χ1n) is 10.8. The normalized spacial score (nSPS) is 33.6. The van der Waals surface area contributed by atoms with Crippen LogP contribution in [0.25, 0.3) is 0 Å². The molecule has 0 saturated heterocycles. The molecule has 5 aliphatic rings. The van der Waals surface area contributed by atoms with Gasteiger partial charge in [0, 0.05) is 41.9 Å². The second kappa shape index (κ2) is 6.09. The number of aryl methyl sites for hydroxylation is 1. The Morgan fingerprint density at radius 2 is 1.97 bits per heavy atom. The van der Waals surface area contributed by atoms with E-state index >= 15 is 0 Å². The molecule has 1 aliphatic heterocycles. The molecular weight excluding hydrogens is 378 g/mol. The predicted molar refractivity (Wildman–Crippen MR) is 108 cm³/mol. The predicted octanol–water partition coefficient (Wildman–Crippen LogP) is 2.66. The van der Waals surface area contributed by atoms with Crippen LogP contribution in [0, 0.1) is 18.8 Å². The molecule has 154 valence electrons. The molecule has 7 nitrogen and oxygen atoms in total. The number of pyridine rings is 1. The molecule has 30 heavy (non-hydrogen) atoms. The Balaban J connectivity index is 1.32. The van der Waals surface area contributed by atoms with Gasteiger partial charge in [-0.15, -0.1) is 0 Å². The second-order valence-electron chi connectivity index (χ2n) is 9.87. The minimum Gasteiger partial charge on any atom is -0.344 e. The summed E-state index contributed by atoms with van der Waals surface area (Å²) in [5, 5.41) is 3.34. The molecule has 1 N–H and O–H groups in total. The van der Waals surface area contributed by atoms with E-state index in [0.29, 0.717) is 18.4 Å². The Kier molecular flexibility index (Phi) is 3.65. The van der Waals surface area contributed by atoms with Crippen LogP contribution in [0.5, 0.6) is 0 Å². The van der Waals surface area contributed by atoms with E-state index in [4.69, 9.17) is 0 Å². The van der Waals surface area contributed by atoms with Crippen molar-refractivity contribution in [2.45, 2.75) is 63.1 Å². The summed E-state index contributed by atoms with van der Waals surface area (Å²) in [5.41, 5.74) is 2.13. The highest BCUT2D eigenvalue weighted by Gasteiger charge is 2.61. The quantitative estimate of drug-likeness (QED) is 0.851. The monoisotopic (exact) mass is 403 g/mol. The minimum absolute atomic E-state index is 0.101. The number of hydrogen-bond donors (Lipinski definition) is 1. The van der Waals surface area contributed by atoms with Crippen molar-refractivity contribution >= 4 is 11.8 Å². The number of nitrogens with zero attached hydrogens (tertiary/aromatic N) is 4. The number of hydrogen-bond acceptors (Lipinski definition) is 5. The standard InChI is InChI=1S/C23H25N5O2/c1-14-2-5-25-19(26-14)20(29)27-22-7-15-6-16(8-22)10-23(9-15,13-22)28-12-17-3-4-24-11-18(17)21(28)30/h2-5,11,15-16H,6-10,12-13H2,1H3,(H,27,29). The molecule has 4 bridgehead atoms. The van der Waals surface area contributed by atoms with Gasteiger partial charge < -0.3 is 10.2 Å². The van der Waals surface area contributed by atoms with E-state index < -0.39 is 0 Å². The average Bonchev–Trinajstić information content (AvgIpc) is 3.04. The van der Waals surface area contributed by atoms with Crippen molar-refractivity contribution in [3.8, 4) is 0 Å². The average molecular weight is 403 g/mol. The first kappa shape index (κ1) is 18.0. The van der Waals surface area contributed by atoms with Gasteiger partial charge in [-0.2, -0.15) is 0 Å². The lowest BCUT2D eigenvalue weighted by molar-refractivity contribution is -0.0938. The van der Waals surface area contributed by atoms with E-state index in [1.165, 1.54) is 6.42 Å². The van der Waals surface area contributed by atoms with Crippen molar-refractivity contribution in [1.82, 2.24) is 25.2 Å². The number of nitrogens with one attached hydrogen (secondary N) is 1.